The fourth-order valence-electron chi connectivity index (χ4n) is 2.58. The van der Waals surface area contributed by atoms with E-state index in [4.69, 9.17) is 9.68 Å². The molecule has 23 heavy (non-hydrogen) atoms. The Morgan fingerprint density at radius 3 is 2.48 bits per heavy atom. The molecular weight excluding hydrogens is 294 g/mol. The number of carbonyl (C=O) groups excluding carboxylic acids is 2. The average molecular weight is 309 g/mol. The van der Waals surface area contributed by atoms with Crippen LogP contribution in [0, 0.1) is 18.3 Å². The van der Waals surface area contributed by atoms with E-state index in [1.807, 2.05) is 6.07 Å². The maximum atomic E-state index is 12.7. The number of carbonyl (C=O) groups is 2. The Labute approximate surface area is 133 Å². The first-order valence-electron chi connectivity index (χ1n) is 7.14. The molecular formula is C17H15N3O3. The van der Waals surface area contributed by atoms with Crippen molar-refractivity contribution in [2.45, 2.75) is 25.9 Å². The van der Waals surface area contributed by atoms with Crippen LogP contribution in [0.25, 0.3) is 0 Å². The van der Waals surface area contributed by atoms with Gasteiger partial charge >= 0.3 is 6.03 Å². The van der Waals surface area contributed by atoms with Gasteiger partial charge in [0.05, 0.1) is 18.2 Å². The topological polar surface area (TPSA) is 86.3 Å². The number of nitriles is 1. The lowest BCUT2D eigenvalue weighted by atomic mass is 9.99. The van der Waals surface area contributed by atoms with Crippen LogP contribution in [-0.2, 0) is 16.9 Å². The first-order chi connectivity index (χ1) is 10.9. The van der Waals surface area contributed by atoms with Crippen LogP contribution in [0.15, 0.2) is 40.8 Å². The smallest absolute Gasteiger partial charge is 0.325 e. The zero-order chi connectivity index (χ0) is 16.6. The maximum absolute atomic E-state index is 12.7. The van der Waals surface area contributed by atoms with Gasteiger partial charge in [-0.15, -0.1) is 0 Å². The Morgan fingerprint density at radius 2 is 1.91 bits per heavy atom. The van der Waals surface area contributed by atoms with E-state index in [9.17, 15) is 9.59 Å². The molecule has 0 saturated carbocycles. The number of hydrogen-bond acceptors (Lipinski definition) is 4. The Morgan fingerprint density at radius 1 is 1.22 bits per heavy atom. The minimum Gasteiger partial charge on any atom is -0.463 e. The van der Waals surface area contributed by atoms with Gasteiger partial charge < -0.3 is 9.73 Å². The number of urea groups is 1. The Balaban J connectivity index is 1.85. The van der Waals surface area contributed by atoms with Gasteiger partial charge in [0.1, 0.15) is 11.5 Å². The highest BCUT2D eigenvalue weighted by atomic mass is 16.3. The fraction of sp³-hybridized carbons (Fsp3) is 0.235. The average Bonchev–Trinajstić information content (AvgIpc) is 3.07. The quantitative estimate of drug-likeness (QED) is 0.882. The van der Waals surface area contributed by atoms with Crippen LogP contribution < -0.4 is 5.32 Å². The second kappa shape index (κ2) is 5.29. The van der Waals surface area contributed by atoms with E-state index in [1.165, 1.54) is 0 Å². The van der Waals surface area contributed by atoms with E-state index in [1.54, 1.807) is 50.2 Å². The summed E-state index contributed by atoms with van der Waals surface area (Å²) in [4.78, 5) is 26.1. The molecule has 3 amide bonds. The van der Waals surface area contributed by atoms with Gasteiger partial charge in [0, 0.05) is 0 Å². The molecule has 0 radical (unpaired) electrons. The number of nitrogens with one attached hydrogen (secondary N) is 1. The normalized spacial score (nSPS) is 20.5. The third-order valence-electron chi connectivity index (χ3n) is 3.93. The third kappa shape index (κ3) is 2.46. The number of nitrogens with zero attached hydrogens (tertiary/aromatic N) is 2. The van der Waals surface area contributed by atoms with E-state index in [2.05, 4.69) is 5.32 Å². The van der Waals surface area contributed by atoms with Gasteiger partial charge in [-0.3, -0.25) is 9.69 Å². The van der Waals surface area contributed by atoms with Crippen LogP contribution >= 0.6 is 0 Å². The summed E-state index contributed by atoms with van der Waals surface area (Å²) in [6.45, 7) is 3.55. The van der Waals surface area contributed by atoms with E-state index < -0.39 is 11.6 Å². The van der Waals surface area contributed by atoms with Crippen LogP contribution in [0.2, 0.25) is 0 Å². The van der Waals surface area contributed by atoms with E-state index >= 15 is 0 Å². The highest BCUT2D eigenvalue weighted by Gasteiger charge is 2.50. The number of amides is 3. The van der Waals surface area contributed by atoms with Crippen LogP contribution in [0.5, 0.6) is 0 Å². The molecule has 0 bridgehead atoms. The second-order valence-electron chi connectivity index (χ2n) is 5.67. The summed E-state index contributed by atoms with van der Waals surface area (Å²) in [7, 11) is 0. The molecule has 1 fully saturated rings. The van der Waals surface area contributed by atoms with Gasteiger partial charge in [-0.1, -0.05) is 12.1 Å². The minimum absolute atomic E-state index is 0.144. The Hall–Kier alpha value is -3.07. The van der Waals surface area contributed by atoms with Crippen molar-refractivity contribution in [1.82, 2.24) is 10.2 Å². The van der Waals surface area contributed by atoms with E-state index in [0.29, 0.717) is 17.1 Å². The molecule has 6 nitrogen and oxygen atoms in total. The SMILES string of the molecule is Cc1ccc(C2(C)NC(=O)N(Cc3ccc(C#N)cc3)C2=O)o1. The van der Waals surface area contributed by atoms with E-state index in [-0.39, 0.29) is 12.5 Å². The lowest BCUT2D eigenvalue weighted by molar-refractivity contribution is -0.132. The molecule has 0 aliphatic carbocycles. The first-order valence-corrected chi connectivity index (χ1v) is 7.14. The molecule has 1 unspecified atom stereocenters. The van der Waals surface area contributed by atoms with Crippen molar-refractivity contribution in [3.63, 3.8) is 0 Å². The molecule has 1 N–H and O–H groups in total. The molecule has 116 valence electrons. The number of hydrogen-bond donors (Lipinski definition) is 1. The van der Waals surface area contributed by atoms with Gasteiger partial charge in [0.15, 0.2) is 5.54 Å². The van der Waals surface area contributed by atoms with Crippen molar-refractivity contribution >= 4 is 11.9 Å². The second-order valence-corrected chi connectivity index (χ2v) is 5.67. The molecule has 1 aromatic heterocycles. The van der Waals surface area contributed by atoms with Crippen molar-refractivity contribution in [2.75, 3.05) is 0 Å². The highest BCUT2D eigenvalue weighted by molar-refractivity contribution is 6.06. The predicted octanol–water partition coefficient (Wildman–Crippen LogP) is 2.43. The number of furan rings is 1. The number of rotatable bonds is 3. The van der Waals surface area contributed by atoms with Crippen LogP contribution in [0.3, 0.4) is 0 Å². The molecule has 2 aromatic rings. The van der Waals surface area contributed by atoms with Gasteiger partial charge in [0.2, 0.25) is 0 Å². The molecule has 6 heteroatoms. The molecule has 1 aliphatic heterocycles. The van der Waals surface area contributed by atoms with Crippen LogP contribution in [-0.4, -0.2) is 16.8 Å². The summed E-state index contributed by atoms with van der Waals surface area (Å²) in [5, 5.41) is 11.5. The Bertz CT molecular complexity index is 816. The standard InChI is InChI=1S/C17H15N3O3/c1-11-3-8-14(23-11)17(2)15(21)20(16(22)19-17)10-13-6-4-12(9-18)5-7-13/h3-8H,10H2,1-2H3,(H,19,22). The summed E-state index contributed by atoms with van der Waals surface area (Å²) in [6, 6.07) is 11.8. The third-order valence-corrected chi connectivity index (χ3v) is 3.93. The number of imide groups is 1. The summed E-state index contributed by atoms with van der Waals surface area (Å²) in [5.74, 6) is 0.728. The lowest BCUT2D eigenvalue weighted by Crippen LogP contribution is -2.40. The minimum atomic E-state index is -1.20. The first kappa shape index (κ1) is 14.9. The van der Waals surface area contributed by atoms with Gasteiger partial charge in [-0.25, -0.2) is 4.79 Å². The zero-order valence-electron chi connectivity index (χ0n) is 12.8. The lowest BCUT2D eigenvalue weighted by Gasteiger charge is -2.19. The largest absolute Gasteiger partial charge is 0.463 e. The molecule has 3 rings (SSSR count). The summed E-state index contributed by atoms with van der Waals surface area (Å²) < 4.78 is 5.52. The van der Waals surface area contributed by atoms with Crippen LogP contribution in [0.4, 0.5) is 4.79 Å². The fourth-order valence-corrected chi connectivity index (χ4v) is 2.58. The van der Waals surface area contributed by atoms with Crippen molar-refractivity contribution < 1.29 is 14.0 Å². The summed E-state index contributed by atoms with van der Waals surface area (Å²) >= 11 is 0. The van der Waals surface area contributed by atoms with Crippen molar-refractivity contribution in [2.24, 2.45) is 0 Å². The molecule has 2 heterocycles. The zero-order valence-corrected chi connectivity index (χ0v) is 12.8. The van der Waals surface area contributed by atoms with Gasteiger partial charge in [0.25, 0.3) is 5.91 Å². The van der Waals surface area contributed by atoms with Crippen LogP contribution in [0.1, 0.15) is 29.6 Å². The monoisotopic (exact) mass is 309 g/mol. The summed E-state index contributed by atoms with van der Waals surface area (Å²) in [5.41, 5.74) is 0.104. The van der Waals surface area contributed by atoms with Gasteiger partial charge in [-0.05, 0) is 43.7 Å². The predicted molar refractivity (Wildman–Crippen MR) is 81.0 cm³/mol. The molecule has 1 aromatic carbocycles. The number of aryl methyl sites for hydroxylation is 1. The number of benzene rings is 1. The van der Waals surface area contributed by atoms with Crippen molar-refractivity contribution in [1.29, 1.82) is 5.26 Å². The van der Waals surface area contributed by atoms with Crippen molar-refractivity contribution in [3.05, 3.63) is 59.0 Å². The molecule has 1 atom stereocenters. The summed E-state index contributed by atoms with van der Waals surface area (Å²) in [6.07, 6.45) is 0. The Kier molecular flexibility index (Phi) is 3.41. The maximum Gasteiger partial charge on any atom is 0.325 e. The van der Waals surface area contributed by atoms with Crippen molar-refractivity contribution in [3.8, 4) is 6.07 Å². The van der Waals surface area contributed by atoms with Gasteiger partial charge in [-0.2, -0.15) is 5.26 Å². The van der Waals surface area contributed by atoms with E-state index in [0.717, 1.165) is 10.5 Å². The highest BCUT2D eigenvalue weighted by Crippen LogP contribution is 2.30. The molecule has 1 saturated heterocycles. The molecule has 1 aliphatic rings. The molecule has 0 spiro atoms.